The lowest BCUT2D eigenvalue weighted by molar-refractivity contribution is 0.0894. The Bertz CT molecular complexity index is 103. The zero-order chi connectivity index (χ0) is 7.72. The van der Waals surface area contributed by atoms with Gasteiger partial charge in [-0.2, -0.15) is 0 Å². The molecule has 0 radical (unpaired) electrons. The molecule has 60 valence electrons. The van der Waals surface area contributed by atoms with Gasteiger partial charge < -0.3 is 4.90 Å². The van der Waals surface area contributed by atoms with Crippen molar-refractivity contribution >= 4 is 0 Å². The summed E-state index contributed by atoms with van der Waals surface area (Å²) in [4.78, 5) is 2.28. The lowest BCUT2D eigenvalue weighted by Gasteiger charge is -2.16. The molecular formula is C7H17N3. The molecule has 1 aliphatic rings. The Hall–Kier alpha value is -0.120. The van der Waals surface area contributed by atoms with Crippen molar-refractivity contribution in [3.63, 3.8) is 0 Å². The number of hydrogen-bond acceptors (Lipinski definition) is 3. The number of hydrazine groups is 1. The van der Waals surface area contributed by atoms with Gasteiger partial charge in [0.05, 0.1) is 0 Å². The fraction of sp³-hybridized carbons (Fsp3) is 1.00. The molecule has 10 heavy (non-hydrogen) atoms. The average Bonchev–Trinajstić information content (AvgIpc) is 2.13. The van der Waals surface area contributed by atoms with E-state index in [2.05, 4.69) is 43.1 Å². The smallest absolute Gasteiger partial charge is 0.0372 e. The lowest BCUT2D eigenvalue weighted by Crippen LogP contribution is -2.32. The fourth-order valence-corrected chi connectivity index (χ4v) is 1.27. The molecule has 0 bridgehead atoms. The van der Waals surface area contributed by atoms with E-state index in [0.29, 0.717) is 6.04 Å². The van der Waals surface area contributed by atoms with Crippen molar-refractivity contribution in [1.29, 1.82) is 0 Å². The Balaban J connectivity index is 2.41. The highest BCUT2D eigenvalue weighted by Crippen LogP contribution is 2.08. The predicted octanol–water partition coefficient (Wildman–Crippen LogP) is -0.291. The third-order valence-corrected chi connectivity index (χ3v) is 2.26. The van der Waals surface area contributed by atoms with Gasteiger partial charge in [-0.15, -0.1) is 0 Å². The maximum atomic E-state index is 2.28. The van der Waals surface area contributed by atoms with Crippen LogP contribution in [0.4, 0.5) is 0 Å². The first-order valence-corrected chi connectivity index (χ1v) is 3.70. The Morgan fingerprint density at radius 3 is 1.70 bits per heavy atom. The van der Waals surface area contributed by atoms with E-state index in [9.17, 15) is 0 Å². The Morgan fingerprint density at radius 1 is 1.10 bits per heavy atom. The van der Waals surface area contributed by atoms with Crippen molar-refractivity contribution in [3.05, 3.63) is 0 Å². The quantitative estimate of drug-likeness (QED) is 0.499. The summed E-state index contributed by atoms with van der Waals surface area (Å²) in [5.74, 6) is 0. The molecule has 0 N–H and O–H groups in total. The van der Waals surface area contributed by atoms with Crippen LogP contribution < -0.4 is 0 Å². The summed E-state index contributed by atoms with van der Waals surface area (Å²) < 4.78 is 0. The van der Waals surface area contributed by atoms with E-state index in [4.69, 9.17) is 0 Å². The summed E-state index contributed by atoms with van der Waals surface area (Å²) in [5, 5.41) is 4.51. The van der Waals surface area contributed by atoms with Gasteiger partial charge in [-0.25, -0.2) is 10.0 Å². The second-order valence-corrected chi connectivity index (χ2v) is 3.30. The zero-order valence-electron chi connectivity index (χ0n) is 7.33. The van der Waals surface area contributed by atoms with E-state index in [1.807, 2.05) is 0 Å². The summed E-state index contributed by atoms with van der Waals surface area (Å²) in [7, 11) is 8.53. The van der Waals surface area contributed by atoms with Gasteiger partial charge in [0.2, 0.25) is 0 Å². The topological polar surface area (TPSA) is 9.72 Å². The minimum Gasteiger partial charge on any atom is -0.304 e. The van der Waals surface area contributed by atoms with Crippen LogP contribution in [0, 0.1) is 0 Å². The maximum absolute atomic E-state index is 2.28. The van der Waals surface area contributed by atoms with Gasteiger partial charge >= 0.3 is 0 Å². The van der Waals surface area contributed by atoms with Crippen LogP contribution in [0.2, 0.25) is 0 Å². The molecule has 0 amide bonds. The third-order valence-electron chi connectivity index (χ3n) is 2.26. The first kappa shape index (κ1) is 7.98. The van der Waals surface area contributed by atoms with Crippen molar-refractivity contribution in [3.8, 4) is 0 Å². The van der Waals surface area contributed by atoms with Crippen LogP contribution in [0.25, 0.3) is 0 Å². The minimum atomic E-state index is 0.704. The van der Waals surface area contributed by atoms with E-state index in [1.165, 1.54) is 0 Å². The molecule has 3 nitrogen and oxygen atoms in total. The Labute approximate surface area is 63.2 Å². The molecule has 1 rings (SSSR count). The van der Waals surface area contributed by atoms with E-state index in [-0.39, 0.29) is 0 Å². The van der Waals surface area contributed by atoms with Crippen LogP contribution in [0.3, 0.4) is 0 Å². The highest BCUT2D eigenvalue weighted by molar-refractivity contribution is 4.77. The molecule has 0 unspecified atom stereocenters. The summed E-state index contributed by atoms with van der Waals surface area (Å²) in [6.07, 6.45) is 0. The summed E-state index contributed by atoms with van der Waals surface area (Å²) in [5.41, 5.74) is 0. The molecule has 0 aromatic carbocycles. The van der Waals surface area contributed by atoms with E-state index >= 15 is 0 Å². The first-order chi connectivity index (χ1) is 4.61. The highest BCUT2D eigenvalue weighted by atomic mass is 15.6. The number of likely N-dealkylation sites (N-methyl/N-ethyl adjacent to an activating group) is 3. The van der Waals surface area contributed by atoms with Gasteiger partial charge in [0.25, 0.3) is 0 Å². The highest BCUT2D eigenvalue weighted by Gasteiger charge is 2.25. The van der Waals surface area contributed by atoms with Crippen LogP contribution in [-0.4, -0.2) is 62.2 Å². The van der Waals surface area contributed by atoms with Gasteiger partial charge in [0, 0.05) is 33.2 Å². The molecule has 0 aromatic heterocycles. The van der Waals surface area contributed by atoms with E-state index < -0.39 is 0 Å². The normalized spacial score (nSPS) is 24.9. The van der Waals surface area contributed by atoms with Gasteiger partial charge in [0.15, 0.2) is 0 Å². The standard InChI is InChI=1S/C7H17N3/c1-8(2)7-5-9(3)10(4)6-7/h7H,5-6H2,1-4H3. The van der Waals surface area contributed by atoms with Gasteiger partial charge in [-0.3, -0.25) is 0 Å². The number of rotatable bonds is 1. The van der Waals surface area contributed by atoms with Crippen molar-refractivity contribution in [2.24, 2.45) is 0 Å². The van der Waals surface area contributed by atoms with Crippen LogP contribution in [0.5, 0.6) is 0 Å². The molecule has 0 aliphatic carbocycles. The zero-order valence-corrected chi connectivity index (χ0v) is 7.33. The summed E-state index contributed by atoms with van der Waals surface area (Å²) in [6, 6.07) is 0.704. The third kappa shape index (κ3) is 1.48. The van der Waals surface area contributed by atoms with Gasteiger partial charge in [0.1, 0.15) is 0 Å². The van der Waals surface area contributed by atoms with Gasteiger partial charge in [-0.05, 0) is 14.1 Å². The molecule has 0 saturated carbocycles. The van der Waals surface area contributed by atoms with Crippen LogP contribution in [-0.2, 0) is 0 Å². The largest absolute Gasteiger partial charge is 0.304 e. The van der Waals surface area contributed by atoms with Crippen LogP contribution in [0.1, 0.15) is 0 Å². The molecule has 1 heterocycles. The molecule has 0 spiro atoms. The fourth-order valence-electron chi connectivity index (χ4n) is 1.27. The van der Waals surface area contributed by atoms with Crippen molar-refractivity contribution in [2.45, 2.75) is 6.04 Å². The molecule has 1 aliphatic heterocycles. The number of hydrogen-bond donors (Lipinski definition) is 0. The monoisotopic (exact) mass is 143 g/mol. The Morgan fingerprint density at radius 2 is 1.50 bits per heavy atom. The SMILES string of the molecule is CN(C)C1CN(C)N(C)C1. The maximum Gasteiger partial charge on any atom is 0.0372 e. The van der Waals surface area contributed by atoms with Crippen molar-refractivity contribution < 1.29 is 0 Å². The van der Waals surface area contributed by atoms with E-state index in [0.717, 1.165) is 13.1 Å². The molecule has 1 saturated heterocycles. The van der Waals surface area contributed by atoms with E-state index in [1.54, 1.807) is 0 Å². The average molecular weight is 143 g/mol. The van der Waals surface area contributed by atoms with Crippen molar-refractivity contribution in [2.75, 3.05) is 41.3 Å². The molecule has 1 fully saturated rings. The molecule has 0 atom stereocenters. The van der Waals surface area contributed by atoms with Crippen LogP contribution in [0.15, 0.2) is 0 Å². The minimum absolute atomic E-state index is 0.704. The Kier molecular flexibility index (Phi) is 2.28. The summed E-state index contributed by atoms with van der Waals surface area (Å²) in [6.45, 7) is 2.31. The molecular weight excluding hydrogens is 126 g/mol. The van der Waals surface area contributed by atoms with Crippen LogP contribution >= 0.6 is 0 Å². The number of nitrogens with zero attached hydrogens (tertiary/aromatic N) is 3. The van der Waals surface area contributed by atoms with Crippen molar-refractivity contribution in [1.82, 2.24) is 14.9 Å². The second kappa shape index (κ2) is 2.86. The lowest BCUT2D eigenvalue weighted by atomic mass is 10.3. The second-order valence-electron chi connectivity index (χ2n) is 3.30. The molecule has 0 aromatic rings. The predicted molar refractivity (Wildman–Crippen MR) is 42.7 cm³/mol. The van der Waals surface area contributed by atoms with Gasteiger partial charge in [-0.1, -0.05) is 0 Å². The molecule has 3 heteroatoms. The first-order valence-electron chi connectivity index (χ1n) is 3.70. The summed E-state index contributed by atoms with van der Waals surface area (Å²) >= 11 is 0.